The quantitative estimate of drug-likeness (QED) is 0.663. The molecule has 5 nitrogen and oxygen atoms in total. The largest absolute Gasteiger partial charge is 0.340 e. The Bertz CT molecular complexity index is 844. The van der Waals surface area contributed by atoms with Crippen molar-refractivity contribution < 1.29 is 4.79 Å². The van der Waals surface area contributed by atoms with E-state index >= 15 is 0 Å². The van der Waals surface area contributed by atoms with E-state index in [4.69, 9.17) is 23.2 Å². The molecule has 1 aliphatic carbocycles. The number of piperazine rings is 1. The summed E-state index contributed by atoms with van der Waals surface area (Å²) in [6.07, 6.45) is 1.51. The van der Waals surface area contributed by atoms with E-state index in [1.165, 1.54) is 11.1 Å². The molecule has 9 heteroatoms. The van der Waals surface area contributed by atoms with Crippen LogP contribution in [0.3, 0.4) is 0 Å². The van der Waals surface area contributed by atoms with Crippen LogP contribution >= 0.6 is 48.0 Å². The number of rotatable bonds is 4. The van der Waals surface area contributed by atoms with Crippen molar-refractivity contribution in [1.29, 1.82) is 0 Å². The lowest BCUT2D eigenvalue weighted by molar-refractivity contribution is -0.144. The van der Waals surface area contributed by atoms with Crippen LogP contribution in [0.5, 0.6) is 0 Å². The molecule has 2 aromatic rings. The Kier molecular flexibility index (Phi) is 8.80. The zero-order valence-electron chi connectivity index (χ0n) is 16.7. The molecule has 1 aromatic carbocycles. The highest BCUT2D eigenvalue weighted by Crippen LogP contribution is 2.36. The van der Waals surface area contributed by atoms with Gasteiger partial charge in [0.1, 0.15) is 15.8 Å². The molecule has 0 unspecified atom stereocenters. The summed E-state index contributed by atoms with van der Waals surface area (Å²) < 4.78 is 0. The molecule has 0 bridgehead atoms. The first kappa shape index (κ1) is 25.2. The third-order valence-electron chi connectivity index (χ3n) is 5.79. The van der Waals surface area contributed by atoms with Crippen molar-refractivity contribution in [3.05, 3.63) is 63.4 Å². The predicted molar refractivity (Wildman–Crippen MR) is 126 cm³/mol. The van der Waals surface area contributed by atoms with Gasteiger partial charge >= 0.3 is 0 Å². The number of carbonyl (C=O) groups excluding carboxylic acids is 1. The molecular formula is C21H26Cl4N4O. The summed E-state index contributed by atoms with van der Waals surface area (Å²) in [6.45, 7) is 4.02. The number of halogens is 4. The minimum absolute atomic E-state index is 0. The smallest absolute Gasteiger partial charge is 0.243 e. The lowest BCUT2D eigenvalue weighted by Crippen LogP contribution is -2.63. The summed E-state index contributed by atoms with van der Waals surface area (Å²) in [7, 11) is 1.86. The summed E-state index contributed by atoms with van der Waals surface area (Å²) in [5.41, 5.74) is 2.91. The summed E-state index contributed by atoms with van der Waals surface area (Å²) >= 11 is 12.1. The Morgan fingerprint density at radius 3 is 2.17 bits per heavy atom. The third kappa shape index (κ3) is 5.04. The number of fused-ring (bicyclic) bond motifs is 1. The summed E-state index contributed by atoms with van der Waals surface area (Å²) in [5.74, 6) is 0.148. The second kappa shape index (κ2) is 10.5. The van der Waals surface area contributed by atoms with Gasteiger partial charge in [-0.2, -0.15) is 0 Å². The summed E-state index contributed by atoms with van der Waals surface area (Å²) in [5, 5.41) is 4.08. The van der Waals surface area contributed by atoms with E-state index in [1.54, 1.807) is 17.0 Å². The zero-order chi connectivity index (χ0) is 19.7. The Morgan fingerprint density at radius 2 is 1.63 bits per heavy atom. The van der Waals surface area contributed by atoms with E-state index in [1.807, 2.05) is 7.05 Å². The lowest BCUT2D eigenvalue weighted by atomic mass is 9.90. The Balaban J connectivity index is 0.00000160. The zero-order valence-corrected chi connectivity index (χ0v) is 19.9. The van der Waals surface area contributed by atoms with Crippen LogP contribution in [0.2, 0.25) is 10.3 Å². The van der Waals surface area contributed by atoms with Crippen molar-refractivity contribution in [3.8, 4) is 0 Å². The standard InChI is InChI=1S/C21H24Cl2N4O.2ClH/c1-26(14-15-10-18(22)25-19(23)11-15)20(28)21(27-8-6-24-7-9-27)12-16-4-2-3-5-17(16)13-21;;/h2-5,10-11,24H,6-9,12-14H2,1H3;2*1H. The van der Waals surface area contributed by atoms with Crippen LogP contribution in [0.4, 0.5) is 0 Å². The molecule has 30 heavy (non-hydrogen) atoms. The number of likely N-dealkylation sites (N-methyl/N-ethyl adjacent to an activating group) is 1. The van der Waals surface area contributed by atoms with Crippen molar-refractivity contribution in [2.24, 2.45) is 0 Å². The van der Waals surface area contributed by atoms with Crippen LogP contribution in [-0.2, 0) is 24.2 Å². The second-order valence-electron chi connectivity index (χ2n) is 7.67. The van der Waals surface area contributed by atoms with Gasteiger partial charge in [0.2, 0.25) is 5.91 Å². The van der Waals surface area contributed by atoms with Crippen molar-refractivity contribution in [1.82, 2.24) is 20.1 Å². The fourth-order valence-corrected chi connectivity index (χ4v) is 5.01. The number of carbonyl (C=O) groups is 1. The van der Waals surface area contributed by atoms with Gasteiger partial charge < -0.3 is 10.2 Å². The van der Waals surface area contributed by atoms with E-state index in [-0.39, 0.29) is 30.7 Å². The molecule has 164 valence electrons. The molecule has 1 saturated heterocycles. The molecule has 0 atom stereocenters. The maximum atomic E-state index is 13.8. The van der Waals surface area contributed by atoms with Gasteiger partial charge in [-0.1, -0.05) is 47.5 Å². The molecule has 2 aliphatic rings. The van der Waals surface area contributed by atoms with Gasteiger partial charge in [-0.3, -0.25) is 9.69 Å². The van der Waals surface area contributed by atoms with Crippen LogP contribution in [0.1, 0.15) is 16.7 Å². The molecule has 0 spiro atoms. The minimum Gasteiger partial charge on any atom is -0.340 e. The maximum Gasteiger partial charge on any atom is 0.243 e. The van der Waals surface area contributed by atoms with Crippen molar-refractivity contribution in [2.75, 3.05) is 33.2 Å². The fourth-order valence-electron chi connectivity index (χ4n) is 4.50. The first-order chi connectivity index (χ1) is 13.5. The third-order valence-corrected chi connectivity index (χ3v) is 6.18. The van der Waals surface area contributed by atoms with Gasteiger partial charge in [-0.05, 0) is 28.8 Å². The number of pyridine rings is 1. The van der Waals surface area contributed by atoms with E-state index in [0.29, 0.717) is 16.9 Å². The van der Waals surface area contributed by atoms with E-state index in [9.17, 15) is 4.79 Å². The van der Waals surface area contributed by atoms with Crippen molar-refractivity contribution in [2.45, 2.75) is 24.9 Å². The normalized spacial score (nSPS) is 17.4. The number of nitrogens with one attached hydrogen (secondary N) is 1. The SMILES string of the molecule is CN(Cc1cc(Cl)nc(Cl)c1)C(=O)C1(N2CCNCC2)Cc2ccccc2C1.Cl.Cl. The Morgan fingerprint density at radius 1 is 1.10 bits per heavy atom. The highest BCUT2D eigenvalue weighted by Gasteiger charge is 2.49. The summed E-state index contributed by atoms with van der Waals surface area (Å²) in [4.78, 5) is 22.0. The average Bonchev–Trinajstić information content (AvgIpc) is 3.08. The molecule has 0 radical (unpaired) electrons. The molecule has 1 fully saturated rings. The second-order valence-corrected chi connectivity index (χ2v) is 8.45. The monoisotopic (exact) mass is 490 g/mol. The van der Waals surface area contributed by atoms with Crippen LogP contribution in [-0.4, -0.2) is 59.5 Å². The van der Waals surface area contributed by atoms with Crippen LogP contribution in [0, 0.1) is 0 Å². The molecule has 2 heterocycles. The van der Waals surface area contributed by atoms with Crippen LogP contribution < -0.4 is 5.32 Å². The lowest BCUT2D eigenvalue weighted by Gasteiger charge is -2.44. The highest BCUT2D eigenvalue weighted by molar-refractivity contribution is 6.32. The van der Waals surface area contributed by atoms with Gasteiger partial charge in [0.25, 0.3) is 0 Å². The Labute approximate surface area is 199 Å². The topological polar surface area (TPSA) is 48.5 Å². The van der Waals surface area contributed by atoms with E-state index < -0.39 is 5.54 Å². The molecule has 1 amide bonds. The first-order valence-corrected chi connectivity index (χ1v) is 10.3. The van der Waals surface area contributed by atoms with Gasteiger partial charge in [-0.25, -0.2) is 4.98 Å². The van der Waals surface area contributed by atoms with Crippen LogP contribution in [0.25, 0.3) is 0 Å². The Hall–Kier alpha value is -1.08. The van der Waals surface area contributed by atoms with Gasteiger partial charge in [0.15, 0.2) is 0 Å². The van der Waals surface area contributed by atoms with Gasteiger partial charge in [0.05, 0.1) is 0 Å². The molecule has 1 aromatic heterocycles. The number of amides is 1. The number of aromatic nitrogens is 1. The summed E-state index contributed by atoms with van der Waals surface area (Å²) in [6, 6.07) is 11.9. The van der Waals surface area contributed by atoms with Gasteiger partial charge in [0, 0.05) is 52.6 Å². The first-order valence-electron chi connectivity index (χ1n) is 9.58. The molecule has 1 N–H and O–H groups in total. The van der Waals surface area contributed by atoms with E-state index in [2.05, 4.69) is 39.5 Å². The number of hydrogen-bond acceptors (Lipinski definition) is 4. The number of benzene rings is 1. The number of nitrogens with zero attached hydrogens (tertiary/aromatic N) is 3. The number of hydrogen-bond donors (Lipinski definition) is 1. The highest BCUT2D eigenvalue weighted by atomic mass is 35.5. The van der Waals surface area contributed by atoms with Crippen molar-refractivity contribution >= 4 is 53.9 Å². The maximum absolute atomic E-state index is 13.8. The molecular weight excluding hydrogens is 466 g/mol. The molecule has 1 aliphatic heterocycles. The average molecular weight is 492 g/mol. The molecule has 0 saturated carbocycles. The minimum atomic E-state index is -0.527. The predicted octanol–water partition coefficient (Wildman–Crippen LogP) is 3.63. The van der Waals surface area contributed by atoms with Crippen molar-refractivity contribution in [3.63, 3.8) is 0 Å². The fraction of sp³-hybridized carbons (Fsp3) is 0.429. The van der Waals surface area contributed by atoms with E-state index in [0.717, 1.165) is 44.6 Å². The molecule has 4 rings (SSSR count). The van der Waals surface area contributed by atoms with Gasteiger partial charge in [-0.15, -0.1) is 24.8 Å². The van der Waals surface area contributed by atoms with Crippen LogP contribution in [0.15, 0.2) is 36.4 Å².